The lowest BCUT2D eigenvalue weighted by Gasteiger charge is -2.08. The molecule has 0 aliphatic heterocycles. The van der Waals surface area contributed by atoms with Gasteiger partial charge in [-0.1, -0.05) is 0 Å². The number of rotatable bonds is 6. The van der Waals surface area contributed by atoms with E-state index < -0.39 is 6.10 Å². The molecule has 0 saturated heterocycles. The number of aliphatic hydroxyl groups is 1. The van der Waals surface area contributed by atoms with Gasteiger partial charge in [-0.05, 0) is 19.1 Å². The third-order valence-electron chi connectivity index (χ3n) is 2.19. The van der Waals surface area contributed by atoms with Gasteiger partial charge in [0.25, 0.3) is 5.91 Å². The third kappa shape index (κ3) is 5.03. The standard InChI is InChI=1S/C12H18N2O4/c1-8(15)7-13-2-3-14-12(18)9-4-10(16)6-11(17)5-9/h4-6,8,13,15-17H,2-3,7H2,1H3,(H,14,18). The summed E-state index contributed by atoms with van der Waals surface area (Å²) in [6, 6.07) is 3.71. The molecule has 1 amide bonds. The number of aromatic hydroxyl groups is 2. The summed E-state index contributed by atoms with van der Waals surface area (Å²) in [5, 5.41) is 33.0. The van der Waals surface area contributed by atoms with Gasteiger partial charge in [0.05, 0.1) is 6.10 Å². The number of aliphatic hydroxyl groups excluding tert-OH is 1. The molecule has 6 heteroatoms. The highest BCUT2D eigenvalue weighted by molar-refractivity contribution is 5.95. The van der Waals surface area contributed by atoms with E-state index in [-0.39, 0.29) is 23.0 Å². The summed E-state index contributed by atoms with van der Waals surface area (Å²) in [6.45, 7) is 3.05. The number of carbonyl (C=O) groups is 1. The molecule has 100 valence electrons. The van der Waals surface area contributed by atoms with Crippen molar-refractivity contribution in [1.29, 1.82) is 0 Å². The quantitative estimate of drug-likeness (QED) is 0.452. The lowest BCUT2D eigenvalue weighted by Crippen LogP contribution is -2.34. The molecule has 0 aromatic heterocycles. The molecule has 6 nitrogen and oxygen atoms in total. The van der Waals surface area contributed by atoms with E-state index in [1.54, 1.807) is 6.92 Å². The van der Waals surface area contributed by atoms with Crippen LogP contribution in [0.2, 0.25) is 0 Å². The van der Waals surface area contributed by atoms with Gasteiger partial charge in [-0.15, -0.1) is 0 Å². The molecule has 1 aromatic carbocycles. The molecule has 18 heavy (non-hydrogen) atoms. The van der Waals surface area contributed by atoms with Crippen molar-refractivity contribution in [3.05, 3.63) is 23.8 Å². The predicted octanol–water partition coefficient (Wildman–Crippen LogP) is -0.202. The molecule has 1 atom stereocenters. The van der Waals surface area contributed by atoms with Crippen molar-refractivity contribution in [2.24, 2.45) is 0 Å². The molecule has 1 rings (SSSR count). The number of amides is 1. The van der Waals surface area contributed by atoms with Gasteiger partial charge in [-0.2, -0.15) is 0 Å². The fourth-order valence-electron chi connectivity index (χ4n) is 1.40. The van der Waals surface area contributed by atoms with Gasteiger partial charge in [0, 0.05) is 31.3 Å². The molecule has 1 unspecified atom stereocenters. The van der Waals surface area contributed by atoms with Crippen LogP contribution in [0.15, 0.2) is 18.2 Å². The topological polar surface area (TPSA) is 102 Å². The van der Waals surface area contributed by atoms with Crippen LogP contribution >= 0.6 is 0 Å². The Morgan fingerprint density at radius 1 is 1.22 bits per heavy atom. The van der Waals surface area contributed by atoms with Crippen molar-refractivity contribution in [1.82, 2.24) is 10.6 Å². The highest BCUT2D eigenvalue weighted by Gasteiger charge is 2.07. The minimum Gasteiger partial charge on any atom is -0.508 e. The Morgan fingerprint density at radius 3 is 2.39 bits per heavy atom. The predicted molar refractivity (Wildman–Crippen MR) is 66.7 cm³/mol. The molecule has 0 bridgehead atoms. The van der Waals surface area contributed by atoms with E-state index in [0.717, 1.165) is 6.07 Å². The molecular formula is C12H18N2O4. The second-order valence-corrected chi connectivity index (χ2v) is 4.05. The zero-order valence-corrected chi connectivity index (χ0v) is 10.2. The number of phenolic OH excluding ortho intramolecular Hbond substituents is 2. The number of hydrogen-bond donors (Lipinski definition) is 5. The van der Waals surface area contributed by atoms with Crippen molar-refractivity contribution in [2.45, 2.75) is 13.0 Å². The summed E-state index contributed by atoms with van der Waals surface area (Å²) in [7, 11) is 0. The van der Waals surface area contributed by atoms with E-state index in [9.17, 15) is 15.0 Å². The Labute approximate surface area is 105 Å². The van der Waals surface area contributed by atoms with Crippen LogP contribution in [-0.2, 0) is 0 Å². The summed E-state index contributed by atoms with van der Waals surface area (Å²) in [4.78, 5) is 11.6. The first-order valence-electron chi connectivity index (χ1n) is 5.69. The second-order valence-electron chi connectivity index (χ2n) is 4.05. The van der Waals surface area contributed by atoms with Crippen molar-refractivity contribution in [2.75, 3.05) is 19.6 Å². The summed E-state index contributed by atoms with van der Waals surface area (Å²) in [5.41, 5.74) is 0.197. The largest absolute Gasteiger partial charge is 0.508 e. The van der Waals surface area contributed by atoms with Crippen LogP contribution in [-0.4, -0.2) is 47.0 Å². The van der Waals surface area contributed by atoms with Gasteiger partial charge in [-0.3, -0.25) is 4.79 Å². The highest BCUT2D eigenvalue weighted by atomic mass is 16.3. The summed E-state index contributed by atoms with van der Waals surface area (Å²) in [6.07, 6.45) is -0.427. The Morgan fingerprint density at radius 2 is 1.83 bits per heavy atom. The number of nitrogens with one attached hydrogen (secondary N) is 2. The van der Waals surface area contributed by atoms with E-state index in [1.165, 1.54) is 12.1 Å². The Hall–Kier alpha value is -1.79. The fraction of sp³-hybridized carbons (Fsp3) is 0.417. The Balaban J connectivity index is 2.36. The molecule has 5 N–H and O–H groups in total. The first-order chi connectivity index (χ1) is 8.49. The van der Waals surface area contributed by atoms with Crippen LogP contribution < -0.4 is 10.6 Å². The molecule has 0 aliphatic carbocycles. The van der Waals surface area contributed by atoms with Crippen LogP contribution in [0.25, 0.3) is 0 Å². The average Bonchev–Trinajstić information content (AvgIpc) is 2.26. The minimum atomic E-state index is -0.427. The van der Waals surface area contributed by atoms with Gasteiger partial charge >= 0.3 is 0 Å². The maximum atomic E-state index is 11.6. The lowest BCUT2D eigenvalue weighted by atomic mass is 10.2. The van der Waals surface area contributed by atoms with Crippen molar-refractivity contribution < 1.29 is 20.1 Å². The first kappa shape index (κ1) is 14.3. The number of phenols is 2. The van der Waals surface area contributed by atoms with Crippen LogP contribution in [0, 0.1) is 0 Å². The van der Waals surface area contributed by atoms with Crippen molar-refractivity contribution in [3.63, 3.8) is 0 Å². The van der Waals surface area contributed by atoms with Crippen LogP contribution in [0.3, 0.4) is 0 Å². The molecule has 0 fully saturated rings. The average molecular weight is 254 g/mol. The van der Waals surface area contributed by atoms with E-state index >= 15 is 0 Å². The Bertz CT molecular complexity index is 387. The zero-order chi connectivity index (χ0) is 13.5. The SMILES string of the molecule is CC(O)CNCCNC(=O)c1cc(O)cc(O)c1. The van der Waals surface area contributed by atoms with Crippen LogP contribution in [0.1, 0.15) is 17.3 Å². The van der Waals surface area contributed by atoms with Gasteiger partial charge in [-0.25, -0.2) is 0 Å². The normalized spacial score (nSPS) is 12.1. The van der Waals surface area contributed by atoms with E-state index in [1.807, 2.05) is 0 Å². The summed E-state index contributed by atoms with van der Waals surface area (Å²) in [5.74, 6) is -0.695. The lowest BCUT2D eigenvalue weighted by molar-refractivity contribution is 0.0953. The van der Waals surface area contributed by atoms with E-state index in [4.69, 9.17) is 5.11 Å². The number of carbonyl (C=O) groups excluding carboxylic acids is 1. The maximum Gasteiger partial charge on any atom is 0.251 e. The monoisotopic (exact) mass is 254 g/mol. The zero-order valence-electron chi connectivity index (χ0n) is 10.2. The smallest absolute Gasteiger partial charge is 0.251 e. The molecule has 0 heterocycles. The second kappa shape index (κ2) is 6.83. The maximum absolute atomic E-state index is 11.6. The molecule has 1 aromatic rings. The van der Waals surface area contributed by atoms with Gasteiger partial charge in [0.1, 0.15) is 11.5 Å². The first-order valence-corrected chi connectivity index (χ1v) is 5.69. The molecule has 0 aliphatic rings. The van der Waals surface area contributed by atoms with Crippen molar-refractivity contribution >= 4 is 5.91 Å². The summed E-state index contributed by atoms with van der Waals surface area (Å²) < 4.78 is 0. The van der Waals surface area contributed by atoms with Crippen molar-refractivity contribution in [3.8, 4) is 11.5 Å². The van der Waals surface area contributed by atoms with E-state index in [2.05, 4.69) is 10.6 Å². The minimum absolute atomic E-state index is 0.160. The molecule has 0 radical (unpaired) electrons. The van der Waals surface area contributed by atoms with Gasteiger partial charge in [0.15, 0.2) is 0 Å². The van der Waals surface area contributed by atoms with Gasteiger partial charge < -0.3 is 26.0 Å². The number of hydrogen-bond acceptors (Lipinski definition) is 5. The fourth-order valence-corrected chi connectivity index (χ4v) is 1.40. The molecule has 0 saturated carbocycles. The Kier molecular flexibility index (Phi) is 5.41. The molecular weight excluding hydrogens is 236 g/mol. The molecule has 0 spiro atoms. The van der Waals surface area contributed by atoms with E-state index in [0.29, 0.717) is 19.6 Å². The van der Waals surface area contributed by atoms with Gasteiger partial charge in [0.2, 0.25) is 0 Å². The third-order valence-corrected chi connectivity index (χ3v) is 2.19. The summed E-state index contributed by atoms with van der Waals surface area (Å²) >= 11 is 0. The van der Waals surface area contributed by atoms with Crippen LogP contribution in [0.5, 0.6) is 11.5 Å². The number of benzene rings is 1. The van der Waals surface area contributed by atoms with Crippen LogP contribution in [0.4, 0.5) is 0 Å². The highest BCUT2D eigenvalue weighted by Crippen LogP contribution is 2.19.